The zero-order valence-electron chi connectivity index (χ0n) is 19.4. The molecule has 3 aromatic carbocycles. The number of rotatable bonds is 7. The molecule has 0 aliphatic carbocycles. The van der Waals surface area contributed by atoms with E-state index in [-0.39, 0.29) is 22.7 Å². The van der Waals surface area contributed by atoms with Crippen LogP contribution in [0.1, 0.15) is 5.56 Å². The summed E-state index contributed by atoms with van der Waals surface area (Å²) in [5.74, 6) is 0.506. The van der Waals surface area contributed by atoms with Gasteiger partial charge in [0.2, 0.25) is 21.2 Å². The van der Waals surface area contributed by atoms with Gasteiger partial charge in [0.05, 0.1) is 30.0 Å². The van der Waals surface area contributed by atoms with Crippen LogP contribution in [0.25, 0.3) is 10.9 Å². The van der Waals surface area contributed by atoms with Crippen LogP contribution in [0.15, 0.2) is 87.5 Å². The first kappa shape index (κ1) is 24.0. The zero-order valence-corrected chi connectivity index (χ0v) is 20.3. The summed E-state index contributed by atoms with van der Waals surface area (Å²) in [5, 5.41) is 2.94. The minimum atomic E-state index is -4.19. The van der Waals surface area contributed by atoms with Gasteiger partial charge in [0.25, 0.3) is 0 Å². The van der Waals surface area contributed by atoms with Crippen LogP contribution in [0.3, 0.4) is 0 Å². The highest BCUT2D eigenvalue weighted by atomic mass is 32.2. The maximum absolute atomic E-state index is 13.4. The third-order valence-electron chi connectivity index (χ3n) is 5.53. The molecular formula is C26H24N2O6S. The minimum Gasteiger partial charge on any atom is -0.497 e. The fourth-order valence-electron chi connectivity index (χ4n) is 3.76. The number of carbonyl (C=O) groups is 1. The standard InChI is InChI=1S/C26H24N2O6S/c1-17-5-4-6-18(13-17)27-25(29)16-28-15-24(26(30)22-14-20(34-3)9-12-23(22)28)35(31,32)21-10-7-19(33-2)8-11-21/h4-15H,16H2,1-3H3,(H,27,29). The average Bonchev–Trinajstić information content (AvgIpc) is 2.85. The van der Waals surface area contributed by atoms with Gasteiger partial charge < -0.3 is 19.4 Å². The average molecular weight is 493 g/mol. The van der Waals surface area contributed by atoms with E-state index in [1.54, 1.807) is 18.2 Å². The third kappa shape index (κ3) is 4.90. The van der Waals surface area contributed by atoms with E-state index in [1.165, 1.54) is 55.3 Å². The molecule has 4 rings (SSSR count). The highest BCUT2D eigenvalue weighted by molar-refractivity contribution is 7.91. The summed E-state index contributed by atoms with van der Waals surface area (Å²) in [7, 11) is -1.27. The van der Waals surface area contributed by atoms with E-state index in [0.29, 0.717) is 22.7 Å². The summed E-state index contributed by atoms with van der Waals surface area (Å²) in [6, 6.07) is 17.8. The second-order valence-electron chi connectivity index (χ2n) is 7.93. The van der Waals surface area contributed by atoms with E-state index < -0.39 is 20.2 Å². The Balaban J connectivity index is 1.83. The van der Waals surface area contributed by atoms with Gasteiger partial charge in [-0.1, -0.05) is 12.1 Å². The number of nitrogens with one attached hydrogen (secondary N) is 1. The number of anilines is 1. The summed E-state index contributed by atoms with van der Waals surface area (Å²) in [6.45, 7) is 1.71. The van der Waals surface area contributed by atoms with Gasteiger partial charge in [-0.05, 0) is 67.1 Å². The van der Waals surface area contributed by atoms with Crippen LogP contribution in [0.5, 0.6) is 11.5 Å². The van der Waals surface area contributed by atoms with Crippen LogP contribution in [-0.4, -0.2) is 33.1 Å². The number of amides is 1. The number of carbonyl (C=O) groups excluding carboxylic acids is 1. The summed E-state index contributed by atoms with van der Waals surface area (Å²) >= 11 is 0. The topological polar surface area (TPSA) is 104 Å². The Bertz CT molecular complexity index is 1570. The van der Waals surface area contributed by atoms with Gasteiger partial charge in [-0.15, -0.1) is 0 Å². The van der Waals surface area contributed by atoms with Crippen LogP contribution in [0.2, 0.25) is 0 Å². The molecular weight excluding hydrogens is 468 g/mol. The molecule has 0 spiro atoms. The molecule has 8 nitrogen and oxygen atoms in total. The molecule has 0 aliphatic rings. The molecule has 1 amide bonds. The van der Waals surface area contributed by atoms with E-state index in [4.69, 9.17) is 9.47 Å². The van der Waals surface area contributed by atoms with Crippen LogP contribution < -0.4 is 20.2 Å². The monoisotopic (exact) mass is 492 g/mol. The normalized spacial score (nSPS) is 11.3. The van der Waals surface area contributed by atoms with E-state index in [1.807, 2.05) is 25.1 Å². The van der Waals surface area contributed by atoms with Gasteiger partial charge in [-0.3, -0.25) is 9.59 Å². The molecule has 35 heavy (non-hydrogen) atoms. The van der Waals surface area contributed by atoms with Crippen molar-refractivity contribution in [3.63, 3.8) is 0 Å². The van der Waals surface area contributed by atoms with E-state index >= 15 is 0 Å². The first-order chi connectivity index (χ1) is 16.7. The second-order valence-corrected chi connectivity index (χ2v) is 9.85. The fraction of sp³-hybridized carbons (Fsp3) is 0.154. The molecule has 1 aromatic heterocycles. The highest BCUT2D eigenvalue weighted by Crippen LogP contribution is 2.25. The predicted octanol–water partition coefficient (Wildman–Crippen LogP) is 3.80. The third-order valence-corrected chi connectivity index (χ3v) is 7.29. The minimum absolute atomic E-state index is 0.0617. The van der Waals surface area contributed by atoms with Crippen molar-refractivity contribution < 1.29 is 22.7 Å². The van der Waals surface area contributed by atoms with E-state index in [2.05, 4.69) is 5.32 Å². The van der Waals surface area contributed by atoms with Crippen molar-refractivity contribution in [2.24, 2.45) is 0 Å². The molecule has 0 saturated carbocycles. The Hall–Kier alpha value is -4.11. The number of hydrogen-bond acceptors (Lipinski definition) is 6. The number of sulfone groups is 1. The van der Waals surface area contributed by atoms with Crippen LogP contribution >= 0.6 is 0 Å². The lowest BCUT2D eigenvalue weighted by molar-refractivity contribution is -0.116. The van der Waals surface area contributed by atoms with Crippen molar-refractivity contribution in [2.75, 3.05) is 19.5 Å². The van der Waals surface area contributed by atoms with Gasteiger partial charge in [0.15, 0.2) is 0 Å². The van der Waals surface area contributed by atoms with Crippen molar-refractivity contribution >= 4 is 32.3 Å². The van der Waals surface area contributed by atoms with Crippen LogP contribution in [-0.2, 0) is 21.2 Å². The first-order valence-electron chi connectivity index (χ1n) is 10.7. The van der Waals surface area contributed by atoms with Crippen molar-refractivity contribution in [1.29, 1.82) is 0 Å². The second kappa shape index (κ2) is 9.63. The summed E-state index contributed by atoms with van der Waals surface area (Å²) in [5.41, 5.74) is 1.33. The molecule has 0 unspecified atom stereocenters. The smallest absolute Gasteiger partial charge is 0.244 e. The number of hydrogen-bond donors (Lipinski definition) is 1. The molecule has 0 atom stereocenters. The SMILES string of the molecule is COc1ccc(S(=O)(=O)c2cn(CC(=O)Nc3cccc(C)c3)c3ccc(OC)cc3c2=O)cc1. The number of aryl methyl sites for hydroxylation is 1. The van der Waals surface area contributed by atoms with Gasteiger partial charge in [0.1, 0.15) is 22.9 Å². The van der Waals surface area contributed by atoms with Crippen LogP contribution in [0.4, 0.5) is 5.69 Å². The Morgan fingerprint density at radius 1 is 0.943 bits per heavy atom. The molecule has 0 saturated heterocycles. The van der Waals surface area contributed by atoms with E-state index in [9.17, 15) is 18.0 Å². The number of pyridine rings is 1. The van der Waals surface area contributed by atoms with Crippen molar-refractivity contribution in [1.82, 2.24) is 4.57 Å². The molecule has 180 valence electrons. The Kier molecular flexibility index (Phi) is 6.61. The lowest BCUT2D eigenvalue weighted by atomic mass is 10.2. The lowest BCUT2D eigenvalue weighted by Gasteiger charge is -2.15. The van der Waals surface area contributed by atoms with Crippen molar-refractivity contribution in [3.8, 4) is 11.5 Å². The Morgan fingerprint density at radius 3 is 2.29 bits per heavy atom. The predicted molar refractivity (Wildman–Crippen MR) is 133 cm³/mol. The van der Waals surface area contributed by atoms with Crippen LogP contribution in [0, 0.1) is 6.92 Å². The van der Waals surface area contributed by atoms with Gasteiger partial charge in [-0.2, -0.15) is 0 Å². The molecule has 0 fully saturated rings. The Morgan fingerprint density at radius 2 is 1.63 bits per heavy atom. The molecule has 0 aliphatic heterocycles. The number of benzene rings is 3. The number of methoxy groups -OCH3 is 2. The maximum Gasteiger partial charge on any atom is 0.244 e. The molecule has 1 N–H and O–H groups in total. The maximum atomic E-state index is 13.4. The largest absolute Gasteiger partial charge is 0.497 e. The van der Waals surface area contributed by atoms with Crippen molar-refractivity contribution in [3.05, 3.63) is 88.7 Å². The number of ether oxygens (including phenoxy) is 2. The molecule has 0 radical (unpaired) electrons. The summed E-state index contributed by atoms with van der Waals surface area (Å²) in [4.78, 5) is 25.7. The molecule has 0 bridgehead atoms. The lowest BCUT2D eigenvalue weighted by Crippen LogP contribution is -2.24. The van der Waals surface area contributed by atoms with Crippen molar-refractivity contribution in [2.45, 2.75) is 23.3 Å². The quantitative estimate of drug-likeness (QED) is 0.421. The van der Waals surface area contributed by atoms with E-state index in [0.717, 1.165) is 5.56 Å². The summed E-state index contributed by atoms with van der Waals surface area (Å²) in [6.07, 6.45) is 1.21. The fourth-order valence-corrected chi connectivity index (χ4v) is 5.13. The zero-order chi connectivity index (χ0) is 25.2. The summed E-state index contributed by atoms with van der Waals surface area (Å²) < 4.78 is 38.6. The first-order valence-corrected chi connectivity index (χ1v) is 12.2. The number of aromatic nitrogens is 1. The molecule has 9 heteroatoms. The number of fused-ring (bicyclic) bond motifs is 1. The van der Waals surface area contributed by atoms with Gasteiger partial charge in [0, 0.05) is 11.9 Å². The van der Waals surface area contributed by atoms with Gasteiger partial charge in [-0.25, -0.2) is 8.42 Å². The molecule has 1 heterocycles. The number of nitrogens with zero attached hydrogens (tertiary/aromatic N) is 1. The molecule has 4 aromatic rings. The Labute approximate surface area is 202 Å². The van der Waals surface area contributed by atoms with Gasteiger partial charge >= 0.3 is 0 Å². The highest BCUT2D eigenvalue weighted by Gasteiger charge is 2.25.